The van der Waals surface area contributed by atoms with Crippen LogP contribution in [0.5, 0.6) is 0 Å². The Balaban J connectivity index is 4.16. The first-order valence-corrected chi connectivity index (χ1v) is 9.14. The molecule has 0 radical (unpaired) electrons. The van der Waals surface area contributed by atoms with Crippen LogP contribution in [0, 0.1) is 0 Å². The second-order valence-electron chi connectivity index (χ2n) is 4.75. The number of carbonyl (C=O) groups excluding carboxylic acids is 1. The molecule has 1 amide bonds. The summed E-state index contributed by atoms with van der Waals surface area (Å²) in [6, 6.07) is -3.25. The number of nitrogens with two attached hydrogens (primary N) is 2. The molecule has 0 aromatic heterocycles. The molecule has 0 aliphatic carbocycles. The maximum absolute atomic E-state index is 11.6. The number of amides is 1. The van der Waals surface area contributed by atoms with Gasteiger partial charge >= 0.3 is 138 Å². The summed E-state index contributed by atoms with van der Waals surface area (Å²) in [6.45, 7) is 0. The number of carbonyl (C=O) groups is 4. The second-order valence-corrected chi connectivity index (χ2v) is 7.16. The fourth-order valence-electron chi connectivity index (χ4n) is 1.42. The third-order valence-corrected chi connectivity index (χ3v) is 5.15. The number of carboxylic acids is 3. The van der Waals surface area contributed by atoms with Crippen molar-refractivity contribution in [3.05, 3.63) is 0 Å². The molecule has 0 aliphatic rings. The Bertz CT molecular complexity index is 446. The average molecular weight is 398 g/mol. The van der Waals surface area contributed by atoms with Crippen LogP contribution in [-0.4, -0.2) is 72.2 Å². The van der Waals surface area contributed by atoms with Crippen LogP contribution in [-0.2, 0) is 19.2 Å². The Morgan fingerprint density at radius 1 is 0.913 bits per heavy atom. The van der Waals surface area contributed by atoms with E-state index >= 15 is 0 Å². The molecule has 0 rings (SSSR count). The molecular weight excluding hydrogens is 377 g/mol. The third-order valence-electron chi connectivity index (χ3n) is 2.80. The molecule has 11 heteroatoms. The monoisotopic (exact) mass is 399 g/mol. The topological polar surface area (TPSA) is 193 Å². The first-order valence-electron chi connectivity index (χ1n) is 6.71. The summed E-state index contributed by atoms with van der Waals surface area (Å²) in [5.74, 6) is -4.14. The first-order chi connectivity index (χ1) is 10.6. The molecule has 0 saturated carbocycles. The van der Waals surface area contributed by atoms with Crippen molar-refractivity contribution in [2.75, 3.05) is 0 Å². The summed E-state index contributed by atoms with van der Waals surface area (Å²) in [5.41, 5.74) is 10.6. The van der Waals surface area contributed by atoms with E-state index in [9.17, 15) is 19.2 Å². The Morgan fingerprint density at radius 2 is 1.48 bits per heavy atom. The standard InChI is InChI=1S/C12H21N3O7Se/c13-6(10(17)18)1-2-9(16)15-8(12(21)22)3-4-23-5-7(14)11(19)20/h6-8H,1-5,13-14H2,(H,15,16)(H,17,18)(H,19,20)(H,21,22). The van der Waals surface area contributed by atoms with Crippen LogP contribution in [0.4, 0.5) is 0 Å². The van der Waals surface area contributed by atoms with E-state index in [1.807, 2.05) is 0 Å². The zero-order valence-electron chi connectivity index (χ0n) is 12.3. The van der Waals surface area contributed by atoms with Crippen molar-refractivity contribution in [3.63, 3.8) is 0 Å². The van der Waals surface area contributed by atoms with Crippen LogP contribution in [0.25, 0.3) is 0 Å². The molecule has 0 fully saturated rings. The summed E-state index contributed by atoms with van der Waals surface area (Å²) in [6.07, 6.45) is -0.129. The zero-order chi connectivity index (χ0) is 18.0. The van der Waals surface area contributed by atoms with Crippen molar-refractivity contribution in [3.8, 4) is 0 Å². The van der Waals surface area contributed by atoms with Crippen LogP contribution in [0.1, 0.15) is 19.3 Å². The molecule has 0 saturated heterocycles. The number of hydrogen-bond donors (Lipinski definition) is 6. The number of rotatable bonds is 12. The average Bonchev–Trinajstić information content (AvgIpc) is 2.46. The Hall–Kier alpha value is -1.68. The number of carboxylic acid groups (broad SMARTS) is 3. The van der Waals surface area contributed by atoms with Crippen LogP contribution in [0.2, 0.25) is 10.6 Å². The minimum atomic E-state index is -1.23. The van der Waals surface area contributed by atoms with E-state index in [1.54, 1.807) is 0 Å². The Morgan fingerprint density at radius 3 is 1.96 bits per heavy atom. The summed E-state index contributed by atoms with van der Waals surface area (Å²) < 4.78 is 0. The molecule has 3 atom stereocenters. The molecule has 0 bridgehead atoms. The van der Waals surface area contributed by atoms with Gasteiger partial charge < -0.3 is 0 Å². The quantitative estimate of drug-likeness (QED) is 0.161. The molecule has 8 N–H and O–H groups in total. The van der Waals surface area contributed by atoms with Gasteiger partial charge in [0.15, 0.2) is 0 Å². The summed E-state index contributed by atoms with van der Waals surface area (Å²) in [5, 5.41) is 29.3. The van der Waals surface area contributed by atoms with Gasteiger partial charge in [-0.1, -0.05) is 0 Å². The Kier molecular flexibility index (Phi) is 10.1. The SMILES string of the molecule is NC(CCC(=O)NC(CC[Se]CC(N)C(=O)O)C(=O)O)C(=O)O. The van der Waals surface area contributed by atoms with E-state index in [0.717, 1.165) is 0 Å². The molecule has 0 aromatic rings. The molecule has 0 aromatic carbocycles. The molecule has 0 heterocycles. The van der Waals surface area contributed by atoms with Crippen molar-refractivity contribution in [1.82, 2.24) is 5.32 Å². The van der Waals surface area contributed by atoms with Gasteiger partial charge in [-0.25, -0.2) is 0 Å². The number of hydrogen-bond acceptors (Lipinski definition) is 6. The van der Waals surface area contributed by atoms with E-state index in [-0.39, 0.29) is 39.5 Å². The van der Waals surface area contributed by atoms with Crippen LogP contribution >= 0.6 is 0 Å². The summed E-state index contributed by atoms with van der Waals surface area (Å²) in [7, 11) is 0. The van der Waals surface area contributed by atoms with E-state index in [0.29, 0.717) is 5.32 Å². The Labute approximate surface area is 138 Å². The fraction of sp³-hybridized carbons (Fsp3) is 0.667. The van der Waals surface area contributed by atoms with Crippen molar-refractivity contribution in [1.29, 1.82) is 0 Å². The first kappa shape index (κ1) is 21.3. The predicted octanol–water partition coefficient (Wildman–Crippen LogP) is -1.91. The summed E-state index contributed by atoms with van der Waals surface area (Å²) >= 11 is -0.151. The molecule has 23 heavy (non-hydrogen) atoms. The molecule has 0 spiro atoms. The van der Waals surface area contributed by atoms with Gasteiger partial charge in [-0.2, -0.15) is 0 Å². The van der Waals surface area contributed by atoms with Gasteiger partial charge in [0.25, 0.3) is 0 Å². The van der Waals surface area contributed by atoms with Crippen LogP contribution in [0.15, 0.2) is 0 Å². The van der Waals surface area contributed by atoms with Crippen molar-refractivity contribution >= 4 is 38.8 Å². The maximum atomic E-state index is 11.6. The normalized spacial score (nSPS) is 14.5. The van der Waals surface area contributed by atoms with Gasteiger partial charge in [0, 0.05) is 0 Å². The number of aliphatic carboxylic acids is 3. The minimum absolute atomic E-state index is 0.0924. The van der Waals surface area contributed by atoms with Gasteiger partial charge in [-0.15, -0.1) is 0 Å². The predicted molar refractivity (Wildman–Crippen MR) is 80.0 cm³/mol. The summed E-state index contributed by atoms with van der Waals surface area (Å²) in [4.78, 5) is 43.7. The second kappa shape index (κ2) is 10.9. The fourth-order valence-corrected chi connectivity index (χ4v) is 3.44. The molecule has 132 valence electrons. The van der Waals surface area contributed by atoms with Crippen LogP contribution < -0.4 is 16.8 Å². The van der Waals surface area contributed by atoms with E-state index in [1.165, 1.54) is 0 Å². The molecule has 10 nitrogen and oxygen atoms in total. The van der Waals surface area contributed by atoms with Gasteiger partial charge in [0.1, 0.15) is 0 Å². The number of nitrogens with one attached hydrogen (secondary N) is 1. The van der Waals surface area contributed by atoms with E-state index in [4.69, 9.17) is 26.8 Å². The molecule has 3 unspecified atom stereocenters. The van der Waals surface area contributed by atoms with Gasteiger partial charge in [0.2, 0.25) is 0 Å². The van der Waals surface area contributed by atoms with Crippen molar-refractivity contribution < 1.29 is 34.5 Å². The van der Waals surface area contributed by atoms with Gasteiger partial charge in [-0.3, -0.25) is 0 Å². The van der Waals surface area contributed by atoms with Gasteiger partial charge in [-0.05, 0) is 0 Å². The van der Waals surface area contributed by atoms with Crippen molar-refractivity contribution in [2.24, 2.45) is 11.5 Å². The van der Waals surface area contributed by atoms with Crippen LogP contribution in [0.3, 0.4) is 0 Å². The molecular formula is C12H21N3O7Se. The zero-order valence-corrected chi connectivity index (χ0v) is 14.0. The van der Waals surface area contributed by atoms with E-state index < -0.39 is 41.9 Å². The third kappa shape index (κ3) is 9.84. The van der Waals surface area contributed by atoms with Crippen molar-refractivity contribution in [2.45, 2.75) is 48.0 Å². The van der Waals surface area contributed by atoms with E-state index in [2.05, 4.69) is 5.32 Å². The molecule has 0 aliphatic heterocycles. The van der Waals surface area contributed by atoms with Gasteiger partial charge in [0.05, 0.1) is 0 Å².